The molecular weight excluding hydrogens is 618 g/mol. The lowest BCUT2D eigenvalue weighted by atomic mass is 9.84. The van der Waals surface area contributed by atoms with E-state index in [4.69, 9.17) is 16.3 Å². The molecule has 1 aliphatic rings. The van der Waals surface area contributed by atoms with Gasteiger partial charge in [-0.05, 0) is 72.4 Å². The Morgan fingerprint density at radius 3 is 2.20 bits per heavy atom. The summed E-state index contributed by atoms with van der Waals surface area (Å²) in [6.45, 7) is 9.28. The number of amides is 1. The van der Waals surface area contributed by atoms with Crippen molar-refractivity contribution in [2.24, 2.45) is 11.8 Å². The highest BCUT2D eigenvalue weighted by molar-refractivity contribution is 7.92. The number of benzene rings is 4. The third-order valence-electron chi connectivity index (χ3n) is 8.62. The van der Waals surface area contributed by atoms with E-state index in [9.17, 15) is 13.2 Å². The molecule has 2 unspecified atom stereocenters. The molecule has 46 heavy (non-hydrogen) atoms. The van der Waals surface area contributed by atoms with E-state index in [-0.39, 0.29) is 35.2 Å². The number of likely N-dealkylation sites (tertiary alicyclic amines) is 1. The van der Waals surface area contributed by atoms with Crippen LogP contribution in [-0.2, 0) is 23.1 Å². The number of carbonyl (C=O) groups excluding carboxylic acids is 1. The molecule has 1 heterocycles. The largest absolute Gasteiger partial charge is 0.492 e. The van der Waals surface area contributed by atoms with Crippen molar-refractivity contribution >= 4 is 33.2 Å². The van der Waals surface area contributed by atoms with Gasteiger partial charge in [0.05, 0.1) is 23.7 Å². The average Bonchev–Trinajstić information content (AvgIpc) is 3.05. The minimum absolute atomic E-state index is 0.0132. The van der Waals surface area contributed by atoms with E-state index in [1.807, 2.05) is 26.1 Å². The number of halogens is 1. The number of carbonyl (C=O) groups is 1. The van der Waals surface area contributed by atoms with Gasteiger partial charge in [0.25, 0.3) is 15.9 Å². The lowest BCUT2D eigenvalue weighted by molar-refractivity contribution is 0.0271. The Morgan fingerprint density at radius 2 is 1.52 bits per heavy atom. The van der Waals surface area contributed by atoms with Crippen LogP contribution in [0.4, 0.5) is 5.69 Å². The molecule has 1 amide bonds. The number of rotatable bonds is 11. The molecule has 1 aliphatic heterocycles. The second-order valence-electron chi connectivity index (χ2n) is 12.1. The number of hydrogen-bond donors (Lipinski definition) is 0. The smallest absolute Gasteiger partial charge is 0.264 e. The van der Waals surface area contributed by atoms with Crippen LogP contribution < -0.4 is 9.04 Å². The van der Waals surface area contributed by atoms with Crippen LogP contribution in [0.15, 0.2) is 108 Å². The summed E-state index contributed by atoms with van der Waals surface area (Å²) >= 11 is 6.11. The Balaban J connectivity index is 1.41. The zero-order chi connectivity index (χ0) is 32.8. The Labute approximate surface area is 278 Å². The average molecular weight is 660 g/mol. The lowest BCUT2D eigenvalue weighted by Gasteiger charge is -2.45. The predicted molar refractivity (Wildman–Crippen MR) is 185 cm³/mol. The number of para-hydroxylation sites is 2. The van der Waals surface area contributed by atoms with Gasteiger partial charge < -0.3 is 9.64 Å². The van der Waals surface area contributed by atoms with Gasteiger partial charge in [-0.2, -0.15) is 0 Å². The first-order valence-corrected chi connectivity index (χ1v) is 17.5. The highest BCUT2D eigenvalue weighted by Crippen LogP contribution is 2.35. The molecule has 7 nitrogen and oxygen atoms in total. The van der Waals surface area contributed by atoms with E-state index >= 15 is 0 Å². The van der Waals surface area contributed by atoms with Crippen LogP contribution in [0.2, 0.25) is 5.02 Å². The molecule has 0 spiro atoms. The molecule has 1 fully saturated rings. The Kier molecular flexibility index (Phi) is 10.7. The van der Waals surface area contributed by atoms with Crippen LogP contribution >= 0.6 is 11.6 Å². The van der Waals surface area contributed by atoms with E-state index in [0.29, 0.717) is 28.6 Å². The number of piperidine rings is 1. The highest BCUT2D eigenvalue weighted by atomic mass is 35.5. The number of sulfonamides is 1. The molecular formula is C37H42ClN3O4S. The Bertz CT molecular complexity index is 1720. The van der Waals surface area contributed by atoms with Gasteiger partial charge in [0.2, 0.25) is 0 Å². The maximum Gasteiger partial charge on any atom is 0.264 e. The summed E-state index contributed by atoms with van der Waals surface area (Å²) in [6, 6.07) is 31.0. The van der Waals surface area contributed by atoms with Crippen LogP contribution in [0, 0.1) is 11.8 Å². The van der Waals surface area contributed by atoms with Crippen molar-refractivity contribution in [3.63, 3.8) is 0 Å². The maximum absolute atomic E-state index is 14.4. The predicted octanol–water partition coefficient (Wildman–Crippen LogP) is 7.36. The zero-order valence-electron chi connectivity index (χ0n) is 26.8. The van der Waals surface area contributed by atoms with Crippen LogP contribution in [0.1, 0.15) is 42.3 Å². The van der Waals surface area contributed by atoms with Crippen molar-refractivity contribution in [3.05, 3.63) is 125 Å². The fourth-order valence-corrected chi connectivity index (χ4v) is 8.29. The molecule has 9 heteroatoms. The second kappa shape index (κ2) is 14.7. The minimum atomic E-state index is -4.13. The van der Waals surface area contributed by atoms with Gasteiger partial charge in [-0.25, -0.2) is 8.42 Å². The molecule has 0 saturated carbocycles. The number of anilines is 1. The van der Waals surface area contributed by atoms with E-state index in [1.165, 1.54) is 22.0 Å². The third-order valence-corrected chi connectivity index (χ3v) is 10.6. The Morgan fingerprint density at radius 1 is 0.870 bits per heavy atom. The van der Waals surface area contributed by atoms with E-state index in [1.54, 1.807) is 59.5 Å². The minimum Gasteiger partial charge on any atom is -0.492 e. The molecule has 4 aromatic carbocycles. The summed E-state index contributed by atoms with van der Waals surface area (Å²) in [5, 5.41) is 0.564. The van der Waals surface area contributed by atoms with Crippen LogP contribution in [0.3, 0.4) is 0 Å². The summed E-state index contributed by atoms with van der Waals surface area (Å²) < 4.78 is 36.0. The summed E-state index contributed by atoms with van der Waals surface area (Å²) in [5.74, 6) is 0.726. The van der Waals surface area contributed by atoms with Crippen molar-refractivity contribution in [1.29, 1.82) is 0 Å². The first kappa shape index (κ1) is 33.5. The van der Waals surface area contributed by atoms with Crippen molar-refractivity contribution in [3.8, 4) is 5.75 Å². The number of hydrogen-bond acceptors (Lipinski definition) is 5. The van der Waals surface area contributed by atoms with Crippen LogP contribution in [0.5, 0.6) is 5.75 Å². The molecule has 2 atom stereocenters. The van der Waals surface area contributed by atoms with Crippen molar-refractivity contribution < 1.29 is 17.9 Å². The van der Waals surface area contributed by atoms with E-state index in [2.05, 4.69) is 43.0 Å². The first-order chi connectivity index (χ1) is 22.1. The summed E-state index contributed by atoms with van der Waals surface area (Å²) in [6.07, 6.45) is 0. The summed E-state index contributed by atoms with van der Waals surface area (Å²) in [7, 11) is -2.29. The summed E-state index contributed by atoms with van der Waals surface area (Å²) in [5.41, 5.74) is 2.78. The van der Waals surface area contributed by atoms with Gasteiger partial charge in [-0.1, -0.05) is 86.1 Å². The fraction of sp³-hybridized carbons (Fsp3) is 0.324. The molecule has 5 rings (SSSR count). The lowest BCUT2D eigenvalue weighted by Crippen LogP contribution is -2.55. The molecule has 0 radical (unpaired) electrons. The van der Waals surface area contributed by atoms with E-state index < -0.39 is 10.0 Å². The topological polar surface area (TPSA) is 70.2 Å². The number of nitrogens with zero attached hydrogens (tertiary/aromatic N) is 3. The van der Waals surface area contributed by atoms with Crippen molar-refractivity contribution in [2.45, 2.75) is 44.8 Å². The van der Waals surface area contributed by atoms with Gasteiger partial charge in [0, 0.05) is 43.3 Å². The second-order valence-corrected chi connectivity index (χ2v) is 14.4. The standard InChI is InChI=1S/C37H42ClN3O4S/c1-5-45-35-17-10-9-16-34(35)41(26-30-18-20-32(38)21-19-30)46(43,44)33-15-11-14-31(22-33)37(42)39(4)36-27(2)23-40(24-28(36)3)25-29-12-7-6-8-13-29/h6-22,27-28,36H,5,23-26H2,1-4H3. The number of ether oxygens (including phenoxy) is 1. The van der Waals surface area contributed by atoms with Crippen LogP contribution in [0.25, 0.3) is 0 Å². The first-order valence-electron chi connectivity index (χ1n) is 15.7. The van der Waals surface area contributed by atoms with Gasteiger partial charge >= 0.3 is 0 Å². The van der Waals surface area contributed by atoms with Gasteiger partial charge in [0.1, 0.15) is 5.75 Å². The molecule has 0 aromatic heterocycles. The quantitative estimate of drug-likeness (QED) is 0.168. The van der Waals surface area contributed by atoms with Gasteiger partial charge in [-0.3, -0.25) is 14.0 Å². The van der Waals surface area contributed by atoms with Gasteiger partial charge in [0.15, 0.2) is 0 Å². The van der Waals surface area contributed by atoms with E-state index in [0.717, 1.165) is 25.2 Å². The van der Waals surface area contributed by atoms with Crippen LogP contribution in [-0.4, -0.2) is 56.9 Å². The molecule has 0 aliphatic carbocycles. The normalized spacial score (nSPS) is 18.6. The monoisotopic (exact) mass is 659 g/mol. The molecule has 0 bridgehead atoms. The molecule has 1 saturated heterocycles. The SMILES string of the molecule is CCOc1ccccc1N(Cc1ccc(Cl)cc1)S(=O)(=O)c1cccc(C(=O)N(C)C2C(C)CN(Cc3ccccc3)CC2C)c1. The summed E-state index contributed by atoms with van der Waals surface area (Å²) in [4.78, 5) is 18.2. The fourth-order valence-electron chi connectivity index (χ4n) is 6.65. The highest BCUT2D eigenvalue weighted by Gasteiger charge is 2.37. The Hall–Kier alpha value is -3.85. The maximum atomic E-state index is 14.4. The molecule has 0 N–H and O–H groups in total. The van der Waals surface area contributed by atoms with Crippen molar-refractivity contribution in [1.82, 2.24) is 9.80 Å². The van der Waals surface area contributed by atoms with Gasteiger partial charge in [-0.15, -0.1) is 0 Å². The molecule has 242 valence electrons. The zero-order valence-corrected chi connectivity index (χ0v) is 28.4. The molecule has 4 aromatic rings. The van der Waals surface area contributed by atoms with Crippen molar-refractivity contribution in [2.75, 3.05) is 31.0 Å². The third kappa shape index (κ3) is 7.57.